The molecule has 0 aliphatic rings. The molecule has 1 atom stereocenters. The summed E-state index contributed by atoms with van der Waals surface area (Å²) >= 11 is 7.13. The maximum Gasteiger partial charge on any atom is 0.172 e. The highest BCUT2D eigenvalue weighted by molar-refractivity contribution is 7.94. The van der Waals surface area contributed by atoms with Crippen molar-refractivity contribution in [2.45, 2.75) is 31.3 Å². The highest BCUT2D eigenvalue weighted by Gasteiger charge is 2.21. The van der Waals surface area contributed by atoms with Gasteiger partial charge in [0.1, 0.15) is 0 Å². The van der Waals surface area contributed by atoms with E-state index in [1.54, 1.807) is 32.3 Å². The molecule has 0 amide bonds. The summed E-state index contributed by atoms with van der Waals surface area (Å²) in [7, 11) is 0. The fourth-order valence-corrected chi connectivity index (χ4v) is 2.37. The molecule has 0 saturated heterocycles. The van der Waals surface area contributed by atoms with Crippen LogP contribution in [-0.2, 0) is 4.18 Å². The minimum Gasteiger partial charge on any atom is -0.396 e. The average Bonchev–Trinajstić information content (AvgIpc) is 2.24. The highest BCUT2D eigenvalue weighted by Crippen LogP contribution is 2.37. The van der Waals surface area contributed by atoms with E-state index < -0.39 is 5.79 Å². The van der Waals surface area contributed by atoms with Crippen LogP contribution in [0.3, 0.4) is 0 Å². The number of nitrogens with zero attached hydrogens (tertiary/aromatic N) is 1. The van der Waals surface area contributed by atoms with Gasteiger partial charge in [0.25, 0.3) is 0 Å². The van der Waals surface area contributed by atoms with Gasteiger partial charge in [-0.05, 0) is 31.9 Å². The van der Waals surface area contributed by atoms with Gasteiger partial charge in [-0.25, -0.2) is 0 Å². The van der Waals surface area contributed by atoms with Crippen molar-refractivity contribution in [2.24, 2.45) is 0 Å². The summed E-state index contributed by atoms with van der Waals surface area (Å²) in [6.45, 7) is 3.11. The zero-order valence-corrected chi connectivity index (χ0v) is 11.3. The van der Waals surface area contributed by atoms with Gasteiger partial charge in [-0.2, -0.15) is 0 Å². The zero-order valence-electron chi connectivity index (χ0n) is 9.76. The molecule has 1 heterocycles. The average molecular weight is 278 g/mol. The number of halogens is 1. The number of aromatic nitrogens is 1. The fourth-order valence-electron chi connectivity index (χ4n) is 1.20. The van der Waals surface area contributed by atoms with Crippen molar-refractivity contribution in [3.05, 3.63) is 29.0 Å². The minimum atomic E-state index is -1.22. The Bertz CT molecular complexity index is 357. The summed E-state index contributed by atoms with van der Waals surface area (Å²) in [5.74, 6) is -1.22. The van der Waals surface area contributed by atoms with Gasteiger partial charge in [-0.3, -0.25) is 9.17 Å². The van der Waals surface area contributed by atoms with Crippen LogP contribution in [-0.4, -0.2) is 27.6 Å². The quantitative estimate of drug-likeness (QED) is 0.618. The normalized spacial score (nSPS) is 13.7. The lowest BCUT2D eigenvalue weighted by Gasteiger charge is -2.22. The van der Waals surface area contributed by atoms with Crippen molar-refractivity contribution in [2.75, 3.05) is 6.61 Å². The summed E-state index contributed by atoms with van der Waals surface area (Å²) in [4.78, 5) is 3.90. The molecule has 1 rings (SSSR count). The van der Waals surface area contributed by atoms with Crippen LogP contribution in [0.5, 0.6) is 0 Å². The van der Waals surface area contributed by atoms with Gasteiger partial charge in [0.2, 0.25) is 0 Å². The van der Waals surface area contributed by atoms with Gasteiger partial charge >= 0.3 is 0 Å². The van der Waals surface area contributed by atoms with E-state index in [1.165, 1.54) is 0 Å². The highest BCUT2D eigenvalue weighted by atomic mass is 35.5. The monoisotopic (exact) mass is 277 g/mol. The molecule has 17 heavy (non-hydrogen) atoms. The van der Waals surface area contributed by atoms with E-state index in [2.05, 4.69) is 4.98 Å². The third kappa shape index (κ3) is 5.23. The van der Waals surface area contributed by atoms with Crippen molar-refractivity contribution in [3.63, 3.8) is 0 Å². The second-order valence-corrected chi connectivity index (χ2v) is 5.36. The molecule has 0 aromatic carbocycles. The molecular formula is C11H16ClNO3S. The fraction of sp³-hybridized carbons (Fsp3) is 0.545. The van der Waals surface area contributed by atoms with E-state index >= 15 is 0 Å². The third-order valence-corrected chi connectivity index (χ3v) is 3.45. The lowest BCUT2D eigenvalue weighted by atomic mass is 10.1. The number of hydrogen-bond acceptors (Lipinski definition) is 5. The van der Waals surface area contributed by atoms with Gasteiger partial charge in [0, 0.05) is 31.0 Å². The first kappa shape index (κ1) is 14.7. The topological polar surface area (TPSA) is 62.6 Å². The van der Waals surface area contributed by atoms with E-state index in [1.807, 2.05) is 0 Å². The second kappa shape index (κ2) is 6.56. The van der Waals surface area contributed by atoms with E-state index in [4.69, 9.17) is 20.9 Å². The largest absolute Gasteiger partial charge is 0.396 e. The molecule has 0 fully saturated rings. The zero-order chi connectivity index (χ0) is 12.9. The molecular weight excluding hydrogens is 262 g/mol. The van der Waals surface area contributed by atoms with Crippen molar-refractivity contribution in [1.29, 1.82) is 0 Å². The number of pyridine rings is 1. The molecule has 96 valence electrons. The molecule has 0 saturated carbocycles. The third-order valence-electron chi connectivity index (χ3n) is 1.91. The molecule has 1 aromatic rings. The Morgan fingerprint density at radius 1 is 1.59 bits per heavy atom. The number of aliphatic hydroxyl groups excluding tert-OH is 1. The number of rotatable bonds is 6. The molecule has 1 aromatic heterocycles. The van der Waals surface area contributed by atoms with Gasteiger partial charge in [0.15, 0.2) is 5.79 Å². The Morgan fingerprint density at radius 2 is 2.29 bits per heavy atom. The van der Waals surface area contributed by atoms with E-state index in [0.717, 1.165) is 17.6 Å². The molecule has 0 aliphatic carbocycles. The minimum absolute atomic E-state index is 0.0194. The summed E-state index contributed by atoms with van der Waals surface area (Å²) in [6, 6.07) is 1.78. The standard InChI is InChI=1S/C11H16ClNO3S/c1-11(2,15)16-17-10(4-6-14)8-3-5-13-7-9(8)12/h3,5,7,10,14-15H,4,6H2,1-2H3. The van der Waals surface area contributed by atoms with E-state index in [-0.39, 0.29) is 11.9 Å². The lowest BCUT2D eigenvalue weighted by molar-refractivity contribution is -0.0916. The van der Waals surface area contributed by atoms with Crippen molar-refractivity contribution < 1.29 is 14.4 Å². The Balaban J connectivity index is 2.75. The molecule has 6 heteroatoms. The second-order valence-electron chi connectivity index (χ2n) is 4.02. The molecule has 2 N–H and O–H groups in total. The molecule has 4 nitrogen and oxygen atoms in total. The summed E-state index contributed by atoms with van der Waals surface area (Å²) < 4.78 is 5.24. The Morgan fingerprint density at radius 3 is 2.82 bits per heavy atom. The van der Waals surface area contributed by atoms with Gasteiger partial charge < -0.3 is 10.2 Å². The SMILES string of the molecule is CC(C)(O)OSC(CCO)c1ccncc1Cl. The Hall–Kier alpha value is -0.330. The van der Waals surface area contributed by atoms with Gasteiger partial charge in [-0.15, -0.1) is 0 Å². The Labute approximate surface area is 110 Å². The van der Waals surface area contributed by atoms with Crippen LogP contribution in [0.1, 0.15) is 31.1 Å². The van der Waals surface area contributed by atoms with E-state index in [0.29, 0.717) is 11.4 Å². The van der Waals surface area contributed by atoms with Crippen LogP contribution in [0.2, 0.25) is 5.02 Å². The molecule has 0 bridgehead atoms. The predicted octanol–water partition coefficient (Wildman–Crippen LogP) is 2.55. The van der Waals surface area contributed by atoms with Crippen LogP contribution in [0.4, 0.5) is 0 Å². The molecule has 0 radical (unpaired) electrons. The van der Waals surface area contributed by atoms with Crippen LogP contribution in [0, 0.1) is 0 Å². The van der Waals surface area contributed by atoms with E-state index in [9.17, 15) is 5.11 Å². The number of aliphatic hydroxyl groups is 2. The van der Waals surface area contributed by atoms with Crippen LogP contribution in [0.15, 0.2) is 18.5 Å². The summed E-state index contributed by atoms with van der Waals surface area (Å²) in [5.41, 5.74) is 0.838. The van der Waals surface area contributed by atoms with Crippen molar-refractivity contribution in [1.82, 2.24) is 4.98 Å². The first-order valence-electron chi connectivity index (χ1n) is 5.21. The summed E-state index contributed by atoms with van der Waals surface area (Å²) in [6.07, 6.45) is 3.67. The predicted molar refractivity (Wildman–Crippen MR) is 68.7 cm³/mol. The van der Waals surface area contributed by atoms with Crippen molar-refractivity contribution in [3.8, 4) is 0 Å². The molecule has 1 unspecified atom stereocenters. The van der Waals surface area contributed by atoms with Gasteiger partial charge in [-0.1, -0.05) is 11.6 Å². The summed E-state index contributed by atoms with van der Waals surface area (Å²) in [5, 5.41) is 18.9. The molecule has 0 spiro atoms. The maximum absolute atomic E-state index is 9.50. The smallest absolute Gasteiger partial charge is 0.172 e. The van der Waals surface area contributed by atoms with Crippen molar-refractivity contribution >= 4 is 23.6 Å². The van der Waals surface area contributed by atoms with Gasteiger partial charge in [0.05, 0.1) is 10.3 Å². The first-order valence-corrected chi connectivity index (χ1v) is 6.39. The lowest BCUT2D eigenvalue weighted by Crippen LogP contribution is -2.20. The van der Waals surface area contributed by atoms with Crippen LogP contribution >= 0.6 is 23.6 Å². The molecule has 0 aliphatic heterocycles. The van der Waals surface area contributed by atoms with Crippen LogP contribution in [0.25, 0.3) is 0 Å². The van der Waals surface area contributed by atoms with Crippen LogP contribution < -0.4 is 0 Å². The maximum atomic E-state index is 9.50. The first-order chi connectivity index (χ1) is 7.94. The Kier molecular flexibility index (Phi) is 5.69. The number of hydrogen-bond donors (Lipinski definition) is 2.